The lowest BCUT2D eigenvalue weighted by Crippen LogP contribution is -2.65. The average Bonchev–Trinajstić information content (AvgIpc) is 3.58. The number of hydrogen-bond acceptors (Lipinski definition) is 10. The predicted molar refractivity (Wildman–Crippen MR) is 179 cm³/mol. The molecule has 0 aliphatic carbocycles. The molecule has 2 aliphatic heterocycles. The number of rotatable bonds is 10. The standard InChI is InChI=1S/C32H49N5O7Si2/c1-19(2)45(20(3)4)41-16-26-28(43-46(44-45,21(5)6)22(7)8)25(14-15-38)32(42-26)37-18-35-27-29(33-17-34-30(27)37)36-31(39)23-10-12-24(40-9)13-11-23/h10-13,17-22,25-26,28,32,38H,14-16H2,1-9H3,(H,33,34,36,39)/t25-,26+,28-,32+/m0/s1. The molecule has 4 atom stereocenters. The summed E-state index contributed by atoms with van der Waals surface area (Å²) in [7, 11) is -4.08. The van der Waals surface area contributed by atoms with E-state index in [9.17, 15) is 9.90 Å². The van der Waals surface area contributed by atoms with Gasteiger partial charge in [-0.2, -0.15) is 0 Å². The first-order valence-corrected chi connectivity index (χ1v) is 20.2. The summed E-state index contributed by atoms with van der Waals surface area (Å²) in [6, 6.07) is 6.82. The van der Waals surface area contributed by atoms with E-state index >= 15 is 0 Å². The zero-order chi connectivity index (χ0) is 33.4. The molecule has 4 heterocycles. The fourth-order valence-electron chi connectivity index (χ4n) is 7.01. The number of aromatic nitrogens is 4. The maximum Gasteiger partial charge on any atom is 0.335 e. The second-order valence-corrected chi connectivity index (χ2v) is 22.4. The highest BCUT2D eigenvalue weighted by Gasteiger charge is 2.61. The largest absolute Gasteiger partial charge is 0.497 e. The summed E-state index contributed by atoms with van der Waals surface area (Å²) in [6.45, 7) is 17.8. The van der Waals surface area contributed by atoms with E-state index in [1.165, 1.54) is 6.33 Å². The molecule has 2 aromatic heterocycles. The third-order valence-electron chi connectivity index (χ3n) is 9.48. The fourth-order valence-corrected chi connectivity index (χ4v) is 18.3. The van der Waals surface area contributed by atoms with Crippen LogP contribution >= 0.6 is 0 Å². The number of anilines is 1. The number of nitrogens with zero attached hydrogens (tertiary/aromatic N) is 4. The van der Waals surface area contributed by atoms with Gasteiger partial charge in [-0.05, 0) is 52.9 Å². The lowest BCUT2D eigenvalue weighted by atomic mass is 9.96. The summed E-state index contributed by atoms with van der Waals surface area (Å²) in [4.78, 5) is 26.6. The topological polar surface area (TPSA) is 139 Å². The Balaban J connectivity index is 1.51. The number of nitrogens with one attached hydrogen (secondary N) is 1. The van der Waals surface area contributed by atoms with Crippen LogP contribution in [0.25, 0.3) is 11.2 Å². The molecule has 0 bridgehead atoms. The van der Waals surface area contributed by atoms with E-state index in [0.717, 1.165) is 0 Å². The van der Waals surface area contributed by atoms with Crippen LogP contribution < -0.4 is 10.1 Å². The van der Waals surface area contributed by atoms with Gasteiger partial charge in [-0.3, -0.25) is 9.36 Å². The first kappa shape index (κ1) is 34.6. The van der Waals surface area contributed by atoms with Gasteiger partial charge in [0.05, 0.1) is 26.1 Å². The molecular weight excluding hydrogens is 623 g/mol. The lowest BCUT2D eigenvalue weighted by molar-refractivity contribution is -0.0551. The molecule has 2 N–H and O–H groups in total. The van der Waals surface area contributed by atoms with E-state index in [0.29, 0.717) is 35.5 Å². The molecule has 2 fully saturated rings. The number of aliphatic hydroxyl groups is 1. The highest BCUT2D eigenvalue weighted by Crippen LogP contribution is 2.50. The van der Waals surface area contributed by atoms with E-state index in [1.54, 1.807) is 37.7 Å². The third kappa shape index (κ3) is 6.16. The summed E-state index contributed by atoms with van der Waals surface area (Å²) in [5.41, 5.74) is 2.13. The number of hydrogen-bond donors (Lipinski definition) is 2. The number of ether oxygens (including phenoxy) is 2. The van der Waals surface area contributed by atoms with Crippen LogP contribution in [0.4, 0.5) is 5.82 Å². The number of carbonyl (C=O) groups excluding carboxylic acids is 1. The van der Waals surface area contributed by atoms with Crippen LogP contribution in [0.1, 0.15) is 78.4 Å². The van der Waals surface area contributed by atoms with Gasteiger partial charge in [0, 0.05) is 18.1 Å². The van der Waals surface area contributed by atoms with Crippen LogP contribution in [-0.2, 0) is 17.7 Å². The summed E-state index contributed by atoms with van der Waals surface area (Å²) in [5.74, 6) is 0.382. The second-order valence-electron chi connectivity index (χ2n) is 13.5. The molecule has 0 unspecified atom stereocenters. The molecule has 3 aromatic rings. The summed E-state index contributed by atoms with van der Waals surface area (Å²) in [5, 5.41) is 13.1. The van der Waals surface area contributed by atoms with Crippen molar-refractivity contribution in [1.82, 2.24) is 19.5 Å². The Morgan fingerprint density at radius 1 is 1.00 bits per heavy atom. The number of aliphatic hydroxyl groups excluding tert-OH is 1. The highest BCUT2D eigenvalue weighted by molar-refractivity contribution is 6.84. The average molecular weight is 672 g/mol. The zero-order valence-corrected chi connectivity index (χ0v) is 30.4. The van der Waals surface area contributed by atoms with Crippen LogP contribution in [0.3, 0.4) is 0 Å². The van der Waals surface area contributed by atoms with Crippen LogP contribution in [0.5, 0.6) is 5.75 Å². The molecule has 0 radical (unpaired) electrons. The Labute approximate surface area is 273 Å². The summed E-state index contributed by atoms with van der Waals surface area (Å²) >= 11 is 0. The van der Waals surface area contributed by atoms with Crippen molar-refractivity contribution in [3.05, 3.63) is 42.5 Å². The molecule has 14 heteroatoms. The van der Waals surface area contributed by atoms with Gasteiger partial charge in [-0.25, -0.2) is 15.0 Å². The van der Waals surface area contributed by atoms with Crippen LogP contribution in [-0.4, -0.2) is 80.2 Å². The van der Waals surface area contributed by atoms with Crippen LogP contribution in [0, 0.1) is 5.92 Å². The monoisotopic (exact) mass is 671 g/mol. The van der Waals surface area contributed by atoms with Crippen molar-refractivity contribution in [1.29, 1.82) is 0 Å². The van der Waals surface area contributed by atoms with Crippen molar-refractivity contribution in [3.8, 4) is 5.75 Å². The summed E-state index contributed by atoms with van der Waals surface area (Å²) in [6.07, 6.45) is 2.20. The van der Waals surface area contributed by atoms with Gasteiger partial charge in [0.25, 0.3) is 5.91 Å². The maximum absolute atomic E-state index is 13.1. The Kier molecular flexibility index (Phi) is 10.4. The van der Waals surface area contributed by atoms with Crippen molar-refractivity contribution in [3.63, 3.8) is 0 Å². The predicted octanol–water partition coefficient (Wildman–Crippen LogP) is 5.94. The van der Waals surface area contributed by atoms with Gasteiger partial charge >= 0.3 is 17.1 Å². The Hall–Kier alpha value is -2.73. The van der Waals surface area contributed by atoms with Gasteiger partial charge in [0.15, 0.2) is 17.0 Å². The van der Waals surface area contributed by atoms with E-state index in [1.807, 2.05) is 4.57 Å². The van der Waals surface area contributed by atoms with Crippen molar-refractivity contribution >= 4 is 40.0 Å². The van der Waals surface area contributed by atoms with Crippen molar-refractivity contribution in [2.75, 3.05) is 25.6 Å². The Morgan fingerprint density at radius 3 is 2.24 bits per heavy atom. The Morgan fingerprint density at radius 2 is 1.65 bits per heavy atom. The molecule has 46 heavy (non-hydrogen) atoms. The number of methoxy groups -OCH3 is 1. The van der Waals surface area contributed by atoms with Crippen LogP contribution in [0.2, 0.25) is 22.2 Å². The smallest absolute Gasteiger partial charge is 0.335 e. The minimum Gasteiger partial charge on any atom is -0.497 e. The molecule has 252 valence electrons. The minimum absolute atomic E-state index is 0.0435. The number of benzene rings is 1. The minimum atomic E-state index is -2.90. The molecular formula is C32H49N5O7Si2. The molecule has 2 saturated heterocycles. The van der Waals surface area contributed by atoms with Crippen molar-refractivity contribution in [2.24, 2.45) is 5.92 Å². The van der Waals surface area contributed by atoms with Gasteiger partial charge < -0.3 is 32.9 Å². The SMILES string of the molecule is COc1ccc(C(=O)Nc2ncnc3c2ncn3[C@@H]2O[C@@H]3CO[Si](C(C)C)(C(C)C)O[Si](C(C)C)(C(C)C)O[C@H]3[C@@H]2CCO)cc1. The van der Waals surface area contributed by atoms with E-state index < -0.39 is 23.3 Å². The van der Waals surface area contributed by atoms with Gasteiger partial charge in [-0.15, -0.1) is 0 Å². The quantitative estimate of drug-likeness (QED) is 0.249. The molecule has 1 amide bonds. The summed E-state index contributed by atoms with van der Waals surface area (Å²) < 4.78 is 35.5. The first-order valence-electron chi connectivity index (χ1n) is 16.3. The lowest BCUT2D eigenvalue weighted by Gasteiger charge is -2.51. The number of amides is 1. The van der Waals surface area contributed by atoms with Gasteiger partial charge in [0.1, 0.15) is 24.4 Å². The highest BCUT2D eigenvalue weighted by atomic mass is 28.5. The number of imidazole rings is 1. The maximum atomic E-state index is 13.1. The fraction of sp³-hybridized carbons (Fsp3) is 0.625. The van der Waals surface area contributed by atoms with E-state index in [4.69, 9.17) is 22.4 Å². The molecule has 2 aliphatic rings. The molecule has 1 aromatic carbocycles. The van der Waals surface area contributed by atoms with E-state index in [-0.39, 0.29) is 58.6 Å². The van der Waals surface area contributed by atoms with Crippen molar-refractivity contribution < 1.29 is 32.3 Å². The number of fused-ring (bicyclic) bond motifs is 2. The molecule has 5 rings (SSSR count). The van der Waals surface area contributed by atoms with Crippen molar-refractivity contribution in [2.45, 2.75) is 102 Å². The first-order chi connectivity index (χ1) is 21.9. The molecule has 12 nitrogen and oxygen atoms in total. The van der Waals surface area contributed by atoms with Gasteiger partial charge in [-0.1, -0.05) is 55.4 Å². The zero-order valence-electron chi connectivity index (χ0n) is 28.4. The Bertz CT molecular complexity index is 1480. The number of carbonyl (C=O) groups is 1. The third-order valence-corrected chi connectivity index (χ3v) is 19.7. The van der Waals surface area contributed by atoms with Gasteiger partial charge in [0.2, 0.25) is 0 Å². The van der Waals surface area contributed by atoms with E-state index in [2.05, 4.69) is 75.7 Å². The van der Waals surface area contributed by atoms with Crippen LogP contribution in [0.15, 0.2) is 36.9 Å². The molecule has 0 spiro atoms. The molecule has 0 saturated carbocycles. The second kappa shape index (κ2) is 13.8. The normalized spacial score (nSPS) is 24.4.